The van der Waals surface area contributed by atoms with Gasteiger partial charge in [-0.05, 0) is 42.0 Å². The third kappa shape index (κ3) is 3.67. The summed E-state index contributed by atoms with van der Waals surface area (Å²) in [6, 6.07) is 25.3. The van der Waals surface area contributed by atoms with Crippen LogP contribution in [0.15, 0.2) is 84.0 Å². The van der Waals surface area contributed by atoms with E-state index < -0.39 is 0 Å². The second kappa shape index (κ2) is 6.88. The highest BCUT2D eigenvalue weighted by atomic mass is 16.5. The quantitative estimate of drug-likeness (QED) is 0.408. The molecule has 4 aromatic rings. The van der Waals surface area contributed by atoms with Gasteiger partial charge in [0.15, 0.2) is 0 Å². The van der Waals surface area contributed by atoms with Gasteiger partial charge in [-0.1, -0.05) is 42.5 Å². The fraction of sp³-hybridized carbons (Fsp3) is 0. The van der Waals surface area contributed by atoms with E-state index in [1.807, 2.05) is 78.9 Å². The molecule has 0 atom stereocenters. The Morgan fingerprint density at radius 1 is 0.880 bits per heavy atom. The van der Waals surface area contributed by atoms with Crippen LogP contribution in [-0.4, -0.2) is 16.2 Å². The average molecular weight is 328 g/mol. The molecule has 122 valence electrons. The molecule has 2 N–H and O–H groups in total. The number of anilines is 1. The van der Waals surface area contributed by atoms with Gasteiger partial charge in [-0.15, -0.1) is 0 Å². The van der Waals surface area contributed by atoms with Crippen molar-refractivity contribution in [2.24, 2.45) is 5.10 Å². The van der Waals surface area contributed by atoms with Gasteiger partial charge in [0.1, 0.15) is 11.5 Å². The van der Waals surface area contributed by atoms with Gasteiger partial charge in [0.2, 0.25) is 5.95 Å². The monoisotopic (exact) mass is 328 g/mol. The van der Waals surface area contributed by atoms with Crippen molar-refractivity contribution in [2.75, 3.05) is 5.43 Å². The Bertz CT molecular complexity index is 975. The number of nitrogens with zero attached hydrogens (tertiary/aromatic N) is 2. The fourth-order valence-electron chi connectivity index (χ4n) is 2.46. The Balaban J connectivity index is 1.45. The number of imidazole rings is 1. The summed E-state index contributed by atoms with van der Waals surface area (Å²) in [7, 11) is 0. The van der Waals surface area contributed by atoms with Crippen LogP contribution in [0, 0.1) is 0 Å². The number of fused-ring (bicyclic) bond motifs is 1. The van der Waals surface area contributed by atoms with Crippen LogP contribution in [0.2, 0.25) is 0 Å². The highest BCUT2D eigenvalue weighted by molar-refractivity contribution is 5.81. The first-order chi connectivity index (χ1) is 12.4. The molecule has 0 aliphatic heterocycles. The van der Waals surface area contributed by atoms with E-state index >= 15 is 0 Å². The summed E-state index contributed by atoms with van der Waals surface area (Å²) >= 11 is 0. The number of nitrogens with one attached hydrogen (secondary N) is 2. The number of aromatic amines is 1. The van der Waals surface area contributed by atoms with Crippen LogP contribution in [0.5, 0.6) is 11.5 Å². The molecule has 5 heteroatoms. The summed E-state index contributed by atoms with van der Waals surface area (Å²) in [5.41, 5.74) is 5.71. The van der Waals surface area contributed by atoms with Crippen LogP contribution in [0.1, 0.15) is 5.56 Å². The van der Waals surface area contributed by atoms with E-state index in [0.717, 1.165) is 28.1 Å². The van der Waals surface area contributed by atoms with E-state index in [4.69, 9.17) is 4.74 Å². The van der Waals surface area contributed by atoms with Crippen molar-refractivity contribution in [1.29, 1.82) is 0 Å². The summed E-state index contributed by atoms with van der Waals surface area (Å²) < 4.78 is 5.82. The number of H-pyrrole nitrogens is 1. The van der Waals surface area contributed by atoms with Gasteiger partial charge >= 0.3 is 0 Å². The van der Waals surface area contributed by atoms with Crippen LogP contribution in [0.4, 0.5) is 5.95 Å². The van der Waals surface area contributed by atoms with Crippen molar-refractivity contribution in [3.8, 4) is 11.5 Å². The number of rotatable bonds is 5. The Kier molecular flexibility index (Phi) is 4.12. The molecule has 1 aromatic heterocycles. The molecule has 0 aliphatic rings. The summed E-state index contributed by atoms with van der Waals surface area (Å²) in [5.74, 6) is 2.17. The molecule has 0 aliphatic carbocycles. The third-order valence-corrected chi connectivity index (χ3v) is 3.61. The van der Waals surface area contributed by atoms with Crippen molar-refractivity contribution >= 4 is 23.2 Å². The van der Waals surface area contributed by atoms with Crippen molar-refractivity contribution < 1.29 is 4.74 Å². The summed E-state index contributed by atoms with van der Waals surface area (Å²) in [4.78, 5) is 7.58. The Morgan fingerprint density at radius 3 is 2.56 bits per heavy atom. The van der Waals surface area contributed by atoms with Crippen LogP contribution >= 0.6 is 0 Å². The van der Waals surface area contributed by atoms with E-state index in [1.54, 1.807) is 6.21 Å². The first kappa shape index (κ1) is 15.0. The summed E-state index contributed by atoms with van der Waals surface area (Å²) in [5, 5.41) is 4.23. The predicted molar refractivity (Wildman–Crippen MR) is 100 cm³/mol. The van der Waals surface area contributed by atoms with Gasteiger partial charge in [-0.2, -0.15) is 5.10 Å². The highest BCUT2D eigenvalue weighted by Gasteiger charge is 2.00. The van der Waals surface area contributed by atoms with Crippen LogP contribution in [0.3, 0.4) is 0 Å². The summed E-state index contributed by atoms with van der Waals surface area (Å²) in [6.45, 7) is 0. The molecule has 0 saturated heterocycles. The number of hydrogen-bond acceptors (Lipinski definition) is 4. The molecule has 3 aromatic carbocycles. The Hall–Kier alpha value is -3.60. The minimum atomic E-state index is 0.606. The molecule has 0 amide bonds. The number of hydrazone groups is 1. The number of hydrogen-bond donors (Lipinski definition) is 2. The van der Waals surface area contributed by atoms with Crippen molar-refractivity contribution in [1.82, 2.24) is 9.97 Å². The lowest BCUT2D eigenvalue weighted by atomic mass is 10.2. The molecule has 0 saturated carbocycles. The molecule has 0 bridgehead atoms. The first-order valence-electron chi connectivity index (χ1n) is 7.94. The highest BCUT2D eigenvalue weighted by Crippen LogP contribution is 2.21. The maximum absolute atomic E-state index is 5.82. The van der Waals surface area contributed by atoms with E-state index in [0.29, 0.717) is 5.95 Å². The predicted octanol–water partition coefficient (Wildman–Crippen LogP) is 4.80. The van der Waals surface area contributed by atoms with E-state index in [2.05, 4.69) is 20.5 Å². The largest absolute Gasteiger partial charge is 0.457 e. The zero-order valence-electron chi connectivity index (χ0n) is 13.4. The average Bonchev–Trinajstić information content (AvgIpc) is 3.06. The zero-order chi connectivity index (χ0) is 16.9. The molecule has 0 unspecified atom stereocenters. The Morgan fingerprint density at radius 2 is 1.68 bits per heavy atom. The molecule has 4 rings (SSSR count). The molecule has 0 radical (unpaired) electrons. The van der Waals surface area contributed by atoms with E-state index in [-0.39, 0.29) is 0 Å². The number of para-hydroxylation sites is 3. The van der Waals surface area contributed by atoms with Crippen molar-refractivity contribution in [3.05, 3.63) is 84.4 Å². The zero-order valence-corrected chi connectivity index (χ0v) is 13.4. The topological polar surface area (TPSA) is 62.3 Å². The summed E-state index contributed by atoms with van der Waals surface area (Å²) in [6.07, 6.45) is 1.73. The molecule has 0 fully saturated rings. The normalized spacial score (nSPS) is 11.0. The maximum Gasteiger partial charge on any atom is 0.222 e. The van der Waals surface area contributed by atoms with Gasteiger partial charge in [0, 0.05) is 0 Å². The molecular weight excluding hydrogens is 312 g/mol. The minimum Gasteiger partial charge on any atom is -0.457 e. The van der Waals surface area contributed by atoms with Gasteiger partial charge in [0.25, 0.3) is 0 Å². The van der Waals surface area contributed by atoms with Gasteiger partial charge in [-0.25, -0.2) is 10.4 Å². The molecule has 0 spiro atoms. The van der Waals surface area contributed by atoms with Crippen LogP contribution in [0.25, 0.3) is 11.0 Å². The van der Waals surface area contributed by atoms with E-state index in [9.17, 15) is 0 Å². The van der Waals surface area contributed by atoms with Crippen LogP contribution in [-0.2, 0) is 0 Å². The lowest BCUT2D eigenvalue weighted by Crippen LogP contribution is -1.92. The Labute approximate surface area is 145 Å². The standard InChI is InChI=1S/C20H16N4O/c1-2-8-16(9-3-1)25-17-10-6-7-15(13-17)14-21-24-20-22-18-11-4-5-12-19(18)23-20/h1-14H,(H2,22,23,24)/b21-14+. The van der Waals surface area contributed by atoms with E-state index in [1.165, 1.54) is 0 Å². The SMILES string of the molecule is C(=N\Nc1nc2ccccc2[nH]1)/c1cccc(Oc2ccccc2)c1. The molecule has 5 nitrogen and oxygen atoms in total. The number of aromatic nitrogens is 2. The molecule has 1 heterocycles. The van der Waals surface area contributed by atoms with Crippen molar-refractivity contribution in [3.63, 3.8) is 0 Å². The van der Waals surface area contributed by atoms with Gasteiger partial charge in [0.05, 0.1) is 17.2 Å². The lowest BCUT2D eigenvalue weighted by Gasteiger charge is -2.05. The van der Waals surface area contributed by atoms with Gasteiger partial charge in [-0.3, -0.25) is 0 Å². The second-order valence-corrected chi connectivity index (χ2v) is 5.46. The number of benzene rings is 3. The minimum absolute atomic E-state index is 0.606. The smallest absolute Gasteiger partial charge is 0.222 e. The lowest BCUT2D eigenvalue weighted by molar-refractivity contribution is 0.482. The maximum atomic E-state index is 5.82. The first-order valence-corrected chi connectivity index (χ1v) is 7.94. The second-order valence-electron chi connectivity index (χ2n) is 5.46. The molecular formula is C20H16N4O. The third-order valence-electron chi connectivity index (χ3n) is 3.61. The van der Waals surface area contributed by atoms with Crippen molar-refractivity contribution in [2.45, 2.75) is 0 Å². The van der Waals surface area contributed by atoms with Gasteiger partial charge < -0.3 is 9.72 Å². The number of ether oxygens (including phenoxy) is 1. The van der Waals surface area contributed by atoms with Crippen LogP contribution < -0.4 is 10.2 Å². The fourth-order valence-corrected chi connectivity index (χ4v) is 2.46. The molecule has 25 heavy (non-hydrogen) atoms.